The van der Waals surface area contributed by atoms with Gasteiger partial charge in [-0.2, -0.15) is 0 Å². The molecule has 2 amide bonds. The van der Waals surface area contributed by atoms with E-state index in [0.717, 1.165) is 21.2 Å². The van der Waals surface area contributed by atoms with E-state index in [0.29, 0.717) is 9.81 Å². The summed E-state index contributed by atoms with van der Waals surface area (Å²) in [6.07, 6.45) is 0. The van der Waals surface area contributed by atoms with Crippen molar-refractivity contribution in [2.24, 2.45) is 0 Å². The Bertz CT molecular complexity index is 776. The van der Waals surface area contributed by atoms with Gasteiger partial charge in [-0.05, 0) is 24.3 Å². The SMILES string of the molecule is O=C1Nc2ccccc2S/C1=C1/Sc2ccccc2NC1=O. The summed E-state index contributed by atoms with van der Waals surface area (Å²) in [4.78, 5) is 27.4. The average Bonchev–Trinajstić information content (AvgIpc) is 2.54. The lowest BCUT2D eigenvalue weighted by atomic mass is 10.3. The summed E-state index contributed by atoms with van der Waals surface area (Å²) in [5.41, 5.74) is 1.56. The summed E-state index contributed by atoms with van der Waals surface area (Å²) in [5, 5.41) is 5.68. The third-order valence-corrected chi connectivity index (χ3v) is 5.78. The van der Waals surface area contributed by atoms with Gasteiger partial charge >= 0.3 is 0 Å². The number of anilines is 2. The highest BCUT2D eigenvalue weighted by atomic mass is 32.2. The standard InChI is InChI=1S/C16H10N2O2S2/c19-15-13(21-11-7-3-1-5-9(11)17-15)14-16(20)18-10-6-2-4-8-12(10)22-14/h1-8H,(H,17,19)(H,18,20)/b14-13+. The van der Waals surface area contributed by atoms with Crippen LogP contribution in [-0.4, -0.2) is 11.8 Å². The molecule has 2 aromatic carbocycles. The third kappa shape index (κ3) is 2.20. The molecule has 0 spiro atoms. The van der Waals surface area contributed by atoms with E-state index in [1.54, 1.807) is 0 Å². The molecular weight excluding hydrogens is 316 g/mol. The zero-order valence-corrected chi connectivity index (χ0v) is 12.9. The molecule has 0 unspecified atom stereocenters. The molecule has 2 aromatic rings. The van der Waals surface area contributed by atoms with Crippen molar-refractivity contribution in [3.8, 4) is 0 Å². The van der Waals surface area contributed by atoms with Gasteiger partial charge in [0.1, 0.15) is 0 Å². The average molecular weight is 326 g/mol. The van der Waals surface area contributed by atoms with E-state index >= 15 is 0 Å². The zero-order valence-electron chi connectivity index (χ0n) is 11.3. The van der Waals surface area contributed by atoms with Crippen LogP contribution in [0.15, 0.2) is 68.1 Å². The number of hydrogen-bond donors (Lipinski definition) is 2. The van der Waals surface area contributed by atoms with Gasteiger partial charge in [-0.3, -0.25) is 9.59 Å². The van der Waals surface area contributed by atoms with Crippen molar-refractivity contribution in [1.82, 2.24) is 0 Å². The fourth-order valence-electron chi connectivity index (χ4n) is 2.29. The maximum Gasteiger partial charge on any atom is 0.263 e. The second-order valence-corrected chi connectivity index (χ2v) is 6.87. The Morgan fingerprint density at radius 3 is 1.50 bits per heavy atom. The Labute approximate surface area is 135 Å². The van der Waals surface area contributed by atoms with Gasteiger partial charge in [-0.25, -0.2) is 0 Å². The van der Waals surface area contributed by atoms with Crippen LogP contribution in [0.25, 0.3) is 0 Å². The van der Waals surface area contributed by atoms with Crippen LogP contribution in [0, 0.1) is 0 Å². The number of rotatable bonds is 0. The molecule has 0 aromatic heterocycles. The van der Waals surface area contributed by atoms with Gasteiger partial charge in [0.05, 0.1) is 21.2 Å². The first kappa shape index (κ1) is 13.5. The van der Waals surface area contributed by atoms with Crippen molar-refractivity contribution in [3.63, 3.8) is 0 Å². The lowest BCUT2D eigenvalue weighted by Gasteiger charge is -2.24. The molecule has 22 heavy (non-hydrogen) atoms. The first-order chi connectivity index (χ1) is 10.7. The quantitative estimate of drug-likeness (QED) is 0.725. The van der Waals surface area contributed by atoms with E-state index in [-0.39, 0.29) is 11.8 Å². The fourth-order valence-corrected chi connectivity index (χ4v) is 4.39. The number of fused-ring (bicyclic) bond motifs is 2. The molecule has 0 aliphatic carbocycles. The van der Waals surface area contributed by atoms with Crippen molar-refractivity contribution in [1.29, 1.82) is 0 Å². The highest BCUT2D eigenvalue weighted by molar-refractivity contribution is 8.08. The molecule has 2 aliphatic heterocycles. The van der Waals surface area contributed by atoms with Crippen molar-refractivity contribution in [2.75, 3.05) is 10.6 Å². The van der Waals surface area contributed by atoms with Crippen LogP contribution in [0.3, 0.4) is 0 Å². The van der Waals surface area contributed by atoms with Gasteiger partial charge in [0.15, 0.2) is 0 Å². The second kappa shape index (κ2) is 5.23. The Morgan fingerprint density at radius 2 is 1.05 bits per heavy atom. The van der Waals surface area contributed by atoms with Crippen LogP contribution >= 0.6 is 23.5 Å². The number of hydrogen-bond acceptors (Lipinski definition) is 4. The van der Waals surface area contributed by atoms with Crippen LogP contribution in [0.1, 0.15) is 0 Å². The van der Waals surface area contributed by atoms with Gasteiger partial charge in [0, 0.05) is 9.79 Å². The van der Waals surface area contributed by atoms with E-state index in [4.69, 9.17) is 0 Å². The van der Waals surface area contributed by atoms with Crippen LogP contribution in [0.2, 0.25) is 0 Å². The normalized spacial score (nSPS) is 19.8. The van der Waals surface area contributed by atoms with E-state index < -0.39 is 0 Å². The Balaban J connectivity index is 1.79. The Kier molecular flexibility index (Phi) is 3.20. The predicted molar refractivity (Wildman–Crippen MR) is 88.9 cm³/mol. The van der Waals surface area contributed by atoms with Gasteiger partial charge in [0.25, 0.3) is 11.8 Å². The summed E-state index contributed by atoms with van der Waals surface area (Å²) in [6.45, 7) is 0. The molecule has 2 heterocycles. The summed E-state index contributed by atoms with van der Waals surface area (Å²) in [6, 6.07) is 15.1. The van der Waals surface area contributed by atoms with Gasteiger partial charge in [0.2, 0.25) is 0 Å². The highest BCUT2D eigenvalue weighted by Gasteiger charge is 2.30. The predicted octanol–water partition coefficient (Wildman–Crippen LogP) is 3.69. The molecule has 108 valence electrons. The number of carbonyl (C=O) groups is 2. The summed E-state index contributed by atoms with van der Waals surface area (Å²) in [5.74, 6) is -0.471. The monoisotopic (exact) mass is 326 g/mol. The van der Waals surface area contributed by atoms with Crippen LogP contribution < -0.4 is 10.6 Å². The molecule has 2 aliphatic rings. The van der Waals surface area contributed by atoms with E-state index in [1.165, 1.54) is 23.5 Å². The smallest absolute Gasteiger partial charge is 0.263 e. The van der Waals surface area contributed by atoms with Gasteiger partial charge in [-0.1, -0.05) is 47.8 Å². The largest absolute Gasteiger partial charge is 0.320 e. The number of nitrogens with one attached hydrogen (secondary N) is 2. The molecule has 6 heteroatoms. The van der Waals surface area contributed by atoms with Crippen molar-refractivity contribution in [3.05, 3.63) is 58.3 Å². The number of carbonyl (C=O) groups excluding carboxylic acids is 2. The van der Waals surface area contributed by atoms with Crippen molar-refractivity contribution >= 4 is 46.7 Å². The maximum absolute atomic E-state index is 12.3. The van der Waals surface area contributed by atoms with Crippen molar-refractivity contribution < 1.29 is 9.59 Å². The van der Waals surface area contributed by atoms with Crippen LogP contribution in [0.5, 0.6) is 0 Å². The highest BCUT2D eigenvalue weighted by Crippen LogP contribution is 2.46. The van der Waals surface area contributed by atoms with Crippen LogP contribution in [-0.2, 0) is 9.59 Å². The number of thioether (sulfide) groups is 2. The van der Waals surface area contributed by atoms with Crippen LogP contribution in [0.4, 0.5) is 11.4 Å². The first-order valence-corrected chi connectivity index (χ1v) is 8.26. The molecular formula is C16H10N2O2S2. The Hall–Kier alpha value is -2.18. The summed E-state index contributed by atoms with van der Waals surface area (Å²) >= 11 is 2.67. The number of para-hydroxylation sites is 2. The van der Waals surface area contributed by atoms with E-state index in [2.05, 4.69) is 10.6 Å². The van der Waals surface area contributed by atoms with E-state index in [9.17, 15) is 9.59 Å². The van der Waals surface area contributed by atoms with E-state index in [1.807, 2.05) is 48.5 Å². The molecule has 4 nitrogen and oxygen atoms in total. The summed E-state index contributed by atoms with van der Waals surface area (Å²) in [7, 11) is 0. The minimum atomic E-state index is -0.235. The minimum absolute atomic E-state index is 0.235. The first-order valence-electron chi connectivity index (χ1n) is 6.63. The molecule has 0 atom stereocenters. The maximum atomic E-state index is 12.3. The Morgan fingerprint density at radius 1 is 0.636 bits per heavy atom. The molecule has 0 saturated heterocycles. The number of amides is 2. The lowest BCUT2D eigenvalue weighted by Crippen LogP contribution is -2.24. The minimum Gasteiger partial charge on any atom is -0.320 e. The van der Waals surface area contributed by atoms with Gasteiger partial charge < -0.3 is 10.6 Å². The fraction of sp³-hybridized carbons (Fsp3) is 0. The summed E-state index contributed by atoms with van der Waals surface area (Å²) < 4.78 is 0. The van der Waals surface area contributed by atoms with Crippen molar-refractivity contribution in [2.45, 2.75) is 9.79 Å². The number of benzene rings is 2. The second-order valence-electron chi connectivity index (χ2n) is 4.76. The topological polar surface area (TPSA) is 58.2 Å². The molecule has 0 radical (unpaired) electrons. The lowest BCUT2D eigenvalue weighted by molar-refractivity contribution is -0.114. The zero-order chi connectivity index (χ0) is 15.1. The molecule has 0 fully saturated rings. The van der Waals surface area contributed by atoms with Gasteiger partial charge in [-0.15, -0.1) is 0 Å². The molecule has 2 N–H and O–H groups in total. The molecule has 4 rings (SSSR count). The molecule has 0 bridgehead atoms. The molecule has 0 saturated carbocycles. The third-order valence-electron chi connectivity index (χ3n) is 3.31.